The van der Waals surface area contributed by atoms with Gasteiger partial charge in [-0.05, 0) is 37.5 Å². The Morgan fingerprint density at radius 2 is 2.00 bits per heavy atom. The number of hydrogen-bond donors (Lipinski definition) is 1. The van der Waals surface area contributed by atoms with Gasteiger partial charge in [0.05, 0.1) is 0 Å². The van der Waals surface area contributed by atoms with Crippen LogP contribution in [0.1, 0.15) is 31.4 Å². The fourth-order valence-electron chi connectivity index (χ4n) is 3.22. The summed E-state index contributed by atoms with van der Waals surface area (Å²) in [6, 6.07) is 4.58. The highest BCUT2D eigenvalue weighted by Crippen LogP contribution is 2.23. The van der Waals surface area contributed by atoms with E-state index in [0.29, 0.717) is 6.04 Å². The standard InChI is InChI=1S/C17H24N6O2/c1-13(14-3-7-18-8-4-14)22-9-5-15(6-10-22)20-16(24)11-23-17(25)21(2)12-19-23/h3-4,7-8,12-13,15H,5-6,9-11H2,1-2H3,(H,20,24). The van der Waals surface area contributed by atoms with E-state index in [1.807, 2.05) is 24.5 Å². The van der Waals surface area contributed by atoms with E-state index < -0.39 is 0 Å². The summed E-state index contributed by atoms with van der Waals surface area (Å²) in [5.74, 6) is -0.165. The molecule has 1 aliphatic rings. The van der Waals surface area contributed by atoms with Crippen molar-refractivity contribution in [1.29, 1.82) is 0 Å². The zero-order chi connectivity index (χ0) is 17.8. The molecule has 1 saturated heterocycles. The number of hydrogen-bond acceptors (Lipinski definition) is 5. The average molecular weight is 344 g/mol. The van der Waals surface area contributed by atoms with Crippen LogP contribution in [-0.2, 0) is 18.4 Å². The van der Waals surface area contributed by atoms with Crippen LogP contribution in [0.15, 0.2) is 35.6 Å². The van der Waals surface area contributed by atoms with Crippen LogP contribution in [0.25, 0.3) is 0 Å². The third-order valence-corrected chi connectivity index (χ3v) is 4.81. The third kappa shape index (κ3) is 4.14. The van der Waals surface area contributed by atoms with Gasteiger partial charge in [0.2, 0.25) is 5.91 Å². The first-order valence-corrected chi connectivity index (χ1v) is 8.56. The monoisotopic (exact) mass is 344 g/mol. The van der Waals surface area contributed by atoms with Crippen molar-refractivity contribution in [2.75, 3.05) is 13.1 Å². The molecule has 8 nitrogen and oxygen atoms in total. The van der Waals surface area contributed by atoms with Crippen LogP contribution in [0, 0.1) is 0 Å². The van der Waals surface area contributed by atoms with Gasteiger partial charge in [0.1, 0.15) is 12.9 Å². The van der Waals surface area contributed by atoms with Gasteiger partial charge < -0.3 is 5.32 Å². The van der Waals surface area contributed by atoms with Gasteiger partial charge in [0.15, 0.2) is 0 Å². The fraction of sp³-hybridized carbons (Fsp3) is 0.529. The third-order valence-electron chi connectivity index (χ3n) is 4.81. The van der Waals surface area contributed by atoms with Crippen molar-refractivity contribution < 1.29 is 4.79 Å². The molecular formula is C17H24N6O2. The molecule has 134 valence electrons. The van der Waals surface area contributed by atoms with E-state index in [1.165, 1.54) is 21.1 Å². The maximum Gasteiger partial charge on any atom is 0.345 e. The zero-order valence-corrected chi connectivity index (χ0v) is 14.6. The highest BCUT2D eigenvalue weighted by atomic mass is 16.2. The molecule has 1 amide bonds. The van der Waals surface area contributed by atoms with Crippen LogP contribution >= 0.6 is 0 Å². The maximum atomic E-state index is 12.1. The van der Waals surface area contributed by atoms with Gasteiger partial charge >= 0.3 is 5.69 Å². The second-order valence-corrected chi connectivity index (χ2v) is 6.52. The first kappa shape index (κ1) is 17.3. The number of nitrogens with zero attached hydrogens (tertiary/aromatic N) is 5. The van der Waals surface area contributed by atoms with Crippen LogP contribution in [0.4, 0.5) is 0 Å². The summed E-state index contributed by atoms with van der Waals surface area (Å²) in [4.78, 5) is 30.3. The highest BCUT2D eigenvalue weighted by molar-refractivity contribution is 5.75. The van der Waals surface area contributed by atoms with Crippen LogP contribution in [-0.4, -0.2) is 49.3 Å². The van der Waals surface area contributed by atoms with Gasteiger partial charge in [-0.25, -0.2) is 9.48 Å². The van der Waals surface area contributed by atoms with E-state index in [4.69, 9.17) is 0 Å². The Bertz CT molecular complexity index is 761. The summed E-state index contributed by atoms with van der Waals surface area (Å²) in [6.45, 7) is 4.02. The summed E-state index contributed by atoms with van der Waals surface area (Å²) >= 11 is 0. The Kier molecular flexibility index (Phi) is 5.28. The molecule has 2 aromatic rings. The molecule has 1 atom stereocenters. The maximum absolute atomic E-state index is 12.1. The van der Waals surface area contributed by atoms with Gasteiger partial charge in [-0.2, -0.15) is 5.10 Å². The van der Waals surface area contributed by atoms with Crippen molar-refractivity contribution in [3.8, 4) is 0 Å². The number of rotatable bonds is 5. The molecule has 0 aromatic carbocycles. The molecule has 2 aromatic heterocycles. The van der Waals surface area contributed by atoms with Gasteiger partial charge in [-0.3, -0.25) is 19.2 Å². The number of aryl methyl sites for hydroxylation is 1. The van der Waals surface area contributed by atoms with Crippen LogP contribution in [0.5, 0.6) is 0 Å². The fourth-order valence-corrected chi connectivity index (χ4v) is 3.22. The smallest absolute Gasteiger partial charge is 0.345 e. The molecule has 0 spiro atoms. The number of piperidine rings is 1. The van der Waals surface area contributed by atoms with E-state index in [-0.39, 0.29) is 24.2 Å². The van der Waals surface area contributed by atoms with Gasteiger partial charge in [0.25, 0.3) is 0 Å². The summed E-state index contributed by atoms with van der Waals surface area (Å²) in [6.07, 6.45) is 6.85. The number of aromatic nitrogens is 4. The SMILES string of the molecule is CC(c1ccncc1)N1CCC(NC(=O)Cn2ncn(C)c2=O)CC1. The molecular weight excluding hydrogens is 320 g/mol. The molecule has 8 heteroatoms. The lowest BCUT2D eigenvalue weighted by Gasteiger charge is -2.36. The van der Waals surface area contributed by atoms with E-state index >= 15 is 0 Å². The molecule has 1 unspecified atom stereocenters. The molecule has 1 fully saturated rings. The Hall–Kier alpha value is -2.48. The predicted molar refractivity (Wildman–Crippen MR) is 92.9 cm³/mol. The molecule has 0 saturated carbocycles. The lowest BCUT2D eigenvalue weighted by atomic mass is 10.0. The number of nitrogens with one attached hydrogen (secondary N) is 1. The quantitative estimate of drug-likeness (QED) is 0.844. The predicted octanol–water partition coefficient (Wildman–Crippen LogP) is 0.319. The molecule has 1 aliphatic heterocycles. The van der Waals surface area contributed by atoms with Crippen molar-refractivity contribution in [2.24, 2.45) is 7.05 Å². The number of carbonyl (C=O) groups excluding carboxylic acids is 1. The molecule has 0 radical (unpaired) electrons. The summed E-state index contributed by atoms with van der Waals surface area (Å²) in [5, 5.41) is 6.93. The Balaban J connectivity index is 1.48. The second-order valence-electron chi connectivity index (χ2n) is 6.52. The highest BCUT2D eigenvalue weighted by Gasteiger charge is 2.24. The number of pyridine rings is 1. The largest absolute Gasteiger partial charge is 0.352 e. The number of amides is 1. The minimum absolute atomic E-state index is 0.0344. The molecule has 3 heterocycles. The average Bonchev–Trinajstić information content (AvgIpc) is 2.94. The van der Waals surface area contributed by atoms with Crippen molar-refractivity contribution >= 4 is 5.91 Å². The molecule has 0 aliphatic carbocycles. The Labute approximate surface area is 146 Å². The van der Waals surface area contributed by atoms with Crippen LogP contribution < -0.4 is 11.0 Å². The molecule has 0 bridgehead atoms. The van der Waals surface area contributed by atoms with Crippen LogP contribution in [0.3, 0.4) is 0 Å². The normalized spacial score (nSPS) is 17.4. The molecule has 25 heavy (non-hydrogen) atoms. The van der Waals surface area contributed by atoms with Crippen molar-refractivity contribution in [2.45, 2.75) is 38.4 Å². The summed E-state index contributed by atoms with van der Waals surface area (Å²) < 4.78 is 2.53. The lowest BCUT2D eigenvalue weighted by Crippen LogP contribution is -2.46. The Morgan fingerprint density at radius 3 is 2.60 bits per heavy atom. The molecule has 3 rings (SSSR count). The van der Waals surface area contributed by atoms with Crippen LogP contribution in [0.2, 0.25) is 0 Å². The number of likely N-dealkylation sites (tertiary alicyclic amines) is 1. The first-order chi connectivity index (χ1) is 12.0. The number of carbonyl (C=O) groups is 1. The summed E-state index contributed by atoms with van der Waals surface area (Å²) in [5.41, 5.74) is 0.975. The van der Waals surface area contributed by atoms with E-state index in [0.717, 1.165) is 25.9 Å². The minimum atomic E-state index is -0.281. The second kappa shape index (κ2) is 7.60. The minimum Gasteiger partial charge on any atom is -0.352 e. The van der Waals surface area contributed by atoms with Gasteiger partial charge in [-0.15, -0.1) is 0 Å². The van der Waals surface area contributed by atoms with Gasteiger partial charge in [-0.1, -0.05) is 0 Å². The lowest BCUT2D eigenvalue weighted by molar-refractivity contribution is -0.123. The van der Waals surface area contributed by atoms with E-state index in [2.05, 4.69) is 27.2 Å². The molecule has 1 N–H and O–H groups in total. The topological polar surface area (TPSA) is 85.1 Å². The van der Waals surface area contributed by atoms with Crippen molar-refractivity contribution in [1.82, 2.24) is 29.5 Å². The van der Waals surface area contributed by atoms with Crippen molar-refractivity contribution in [3.63, 3.8) is 0 Å². The van der Waals surface area contributed by atoms with Crippen molar-refractivity contribution in [3.05, 3.63) is 46.9 Å². The van der Waals surface area contributed by atoms with E-state index in [1.54, 1.807) is 7.05 Å². The van der Waals surface area contributed by atoms with Gasteiger partial charge in [0, 0.05) is 44.6 Å². The first-order valence-electron chi connectivity index (χ1n) is 8.56. The Morgan fingerprint density at radius 1 is 1.32 bits per heavy atom. The zero-order valence-electron chi connectivity index (χ0n) is 14.6. The van der Waals surface area contributed by atoms with E-state index in [9.17, 15) is 9.59 Å². The summed E-state index contributed by atoms with van der Waals surface area (Å²) in [7, 11) is 1.61.